The van der Waals surface area contributed by atoms with Crippen molar-refractivity contribution in [3.63, 3.8) is 0 Å². The molecule has 1 fully saturated rings. The number of anilines is 2. The minimum atomic E-state index is -0.456. The van der Waals surface area contributed by atoms with E-state index in [-0.39, 0.29) is 11.6 Å². The zero-order valence-corrected chi connectivity index (χ0v) is 15.3. The molecule has 1 aliphatic heterocycles. The Kier molecular flexibility index (Phi) is 5.86. The van der Waals surface area contributed by atoms with E-state index in [1.165, 1.54) is 36.7 Å². The second-order valence-corrected chi connectivity index (χ2v) is 6.89. The standard InChI is InChI=1S/C21H23N3O3/c1-16-11-13-23(14-12-16)19-8-6-18(7-9-19)22-21(25)10-5-17-3-2-4-20(15-17)24(26)27/h2-10,15-16H,11-14H2,1H3,(H,22,25)/b10-5+. The molecule has 0 bridgehead atoms. The molecule has 6 nitrogen and oxygen atoms in total. The van der Waals surface area contributed by atoms with Crippen molar-refractivity contribution in [3.05, 3.63) is 70.3 Å². The molecule has 0 aliphatic carbocycles. The maximum atomic E-state index is 12.1. The molecule has 140 valence electrons. The normalized spacial score (nSPS) is 15.1. The topological polar surface area (TPSA) is 75.5 Å². The fourth-order valence-corrected chi connectivity index (χ4v) is 3.12. The SMILES string of the molecule is CC1CCN(c2ccc(NC(=O)/C=C/c3cccc([N+](=O)[O-])c3)cc2)CC1. The van der Waals surface area contributed by atoms with Gasteiger partial charge in [0.1, 0.15) is 0 Å². The summed E-state index contributed by atoms with van der Waals surface area (Å²) in [6, 6.07) is 14.0. The molecule has 1 saturated heterocycles. The summed E-state index contributed by atoms with van der Waals surface area (Å²) < 4.78 is 0. The van der Waals surface area contributed by atoms with Crippen molar-refractivity contribution in [3.8, 4) is 0 Å². The Morgan fingerprint density at radius 2 is 1.89 bits per heavy atom. The Hall–Kier alpha value is -3.15. The van der Waals surface area contributed by atoms with E-state index in [0.29, 0.717) is 5.56 Å². The molecular formula is C21H23N3O3. The van der Waals surface area contributed by atoms with Gasteiger partial charge in [-0.1, -0.05) is 19.1 Å². The van der Waals surface area contributed by atoms with Crippen LogP contribution in [0.3, 0.4) is 0 Å². The number of carbonyl (C=O) groups is 1. The van der Waals surface area contributed by atoms with Gasteiger partial charge in [0.15, 0.2) is 0 Å². The number of nitro benzene ring substituents is 1. The van der Waals surface area contributed by atoms with Crippen LogP contribution in [0.1, 0.15) is 25.3 Å². The Bertz CT molecular complexity index is 838. The zero-order valence-electron chi connectivity index (χ0n) is 15.3. The number of nitrogens with one attached hydrogen (secondary N) is 1. The lowest BCUT2D eigenvalue weighted by molar-refractivity contribution is -0.384. The summed E-state index contributed by atoms with van der Waals surface area (Å²) in [6.07, 6.45) is 5.35. The summed E-state index contributed by atoms with van der Waals surface area (Å²) >= 11 is 0. The van der Waals surface area contributed by atoms with Crippen molar-refractivity contribution in [1.82, 2.24) is 0 Å². The third kappa shape index (κ3) is 5.17. The molecule has 2 aromatic rings. The highest BCUT2D eigenvalue weighted by Gasteiger charge is 2.15. The van der Waals surface area contributed by atoms with Crippen LogP contribution < -0.4 is 10.2 Å². The molecular weight excluding hydrogens is 342 g/mol. The highest BCUT2D eigenvalue weighted by molar-refractivity contribution is 6.02. The molecule has 0 saturated carbocycles. The minimum absolute atomic E-state index is 0.000235. The first-order chi connectivity index (χ1) is 13.0. The molecule has 0 radical (unpaired) electrons. The fraction of sp³-hybridized carbons (Fsp3) is 0.286. The molecule has 0 atom stereocenters. The fourth-order valence-electron chi connectivity index (χ4n) is 3.12. The van der Waals surface area contributed by atoms with Crippen molar-refractivity contribution in [2.45, 2.75) is 19.8 Å². The van der Waals surface area contributed by atoms with Gasteiger partial charge in [-0.15, -0.1) is 0 Å². The van der Waals surface area contributed by atoms with E-state index in [2.05, 4.69) is 17.1 Å². The van der Waals surface area contributed by atoms with Crippen molar-refractivity contribution in [1.29, 1.82) is 0 Å². The van der Waals surface area contributed by atoms with Gasteiger partial charge in [-0.25, -0.2) is 0 Å². The first-order valence-electron chi connectivity index (χ1n) is 9.10. The minimum Gasteiger partial charge on any atom is -0.372 e. The van der Waals surface area contributed by atoms with Gasteiger partial charge in [0, 0.05) is 42.7 Å². The van der Waals surface area contributed by atoms with E-state index in [0.717, 1.165) is 24.7 Å². The Morgan fingerprint density at radius 3 is 2.56 bits per heavy atom. The highest BCUT2D eigenvalue weighted by Crippen LogP contribution is 2.24. The third-order valence-electron chi connectivity index (χ3n) is 4.79. The van der Waals surface area contributed by atoms with Gasteiger partial charge >= 0.3 is 0 Å². The van der Waals surface area contributed by atoms with Crippen LogP contribution in [0.4, 0.5) is 17.1 Å². The molecule has 1 amide bonds. The van der Waals surface area contributed by atoms with Crippen molar-refractivity contribution < 1.29 is 9.72 Å². The number of rotatable bonds is 5. The largest absolute Gasteiger partial charge is 0.372 e. The van der Waals surface area contributed by atoms with Gasteiger partial charge in [0.25, 0.3) is 5.69 Å². The van der Waals surface area contributed by atoms with Gasteiger partial charge in [-0.2, -0.15) is 0 Å². The molecule has 27 heavy (non-hydrogen) atoms. The maximum absolute atomic E-state index is 12.1. The molecule has 1 aliphatic rings. The van der Waals surface area contributed by atoms with E-state index in [1.807, 2.05) is 24.3 Å². The van der Waals surface area contributed by atoms with E-state index in [9.17, 15) is 14.9 Å². The number of amides is 1. The number of piperidine rings is 1. The van der Waals surface area contributed by atoms with Gasteiger partial charge < -0.3 is 10.2 Å². The number of carbonyl (C=O) groups excluding carboxylic acids is 1. The van der Waals surface area contributed by atoms with Crippen molar-refractivity contribution >= 4 is 29.0 Å². The monoisotopic (exact) mass is 365 g/mol. The summed E-state index contributed by atoms with van der Waals surface area (Å²) in [5.74, 6) is 0.513. The lowest BCUT2D eigenvalue weighted by atomic mass is 9.99. The summed E-state index contributed by atoms with van der Waals surface area (Å²) in [4.78, 5) is 24.8. The van der Waals surface area contributed by atoms with Crippen LogP contribution in [0, 0.1) is 16.0 Å². The number of nitro groups is 1. The summed E-state index contributed by atoms with van der Waals surface area (Å²) in [7, 11) is 0. The van der Waals surface area contributed by atoms with Crippen LogP contribution in [0.5, 0.6) is 0 Å². The second kappa shape index (κ2) is 8.49. The van der Waals surface area contributed by atoms with Gasteiger partial charge in [0.2, 0.25) is 5.91 Å². The van der Waals surface area contributed by atoms with Crippen molar-refractivity contribution in [2.24, 2.45) is 5.92 Å². The molecule has 1 heterocycles. The third-order valence-corrected chi connectivity index (χ3v) is 4.79. The first kappa shape index (κ1) is 18.6. The van der Waals surface area contributed by atoms with E-state index < -0.39 is 4.92 Å². The average molecular weight is 365 g/mol. The van der Waals surface area contributed by atoms with Crippen molar-refractivity contribution in [2.75, 3.05) is 23.3 Å². The van der Waals surface area contributed by atoms with Gasteiger partial charge in [-0.3, -0.25) is 14.9 Å². The summed E-state index contributed by atoms with van der Waals surface area (Å²) in [5, 5.41) is 13.6. The molecule has 6 heteroatoms. The Labute approximate surface area is 158 Å². The zero-order chi connectivity index (χ0) is 19.2. The van der Waals surface area contributed by atoms with Crippen LogP contribution in [0.2, 0.25) is 0 Å². The number of benzene rings is 2. The maximum Gasteiger partial charge on any atom is 0.270 e. The summed E-state index contributed by atoms with van der Waals surface area (Å²) in [5.41, 5.74) is 2.50. The number of non-ortho nitro benzene ring substituents is 1. The second-order valence-electron chi connectivity index (χ2n) is 6.89. The number of hydrogen-bond acceptors (Lipinski definition) is 4. The lowest BCUT2D eigenvalue weighted by Crippen LogP contribution is -2.32. The highest BCUT2D eigenvalue weighted by atomic mass is 16.6. The van der Waals surface area contributed by atoms with Gasteiger partial charge in [-0.05, 0) is 54.7 Å². The predicted octanol–water partition coefficient (Wildman–Crippen LogP) is 4.48. The molecule has 1 N–H and O–H groups in total. The molecule has 0 aromatic heterocycles. The van der Waals surface area contributed by atoms with Gasteiger partial charge in [0.05, 0.1) is 4.92 Å². The van der Waals surface area contributed by atoms with E-state index >= 15 is 0 Å². The number of nitrogens with zero attached hydrogens (tertiary/aromatic N) is 2. The summed E-state index contributed by atoms with van der Waals surface area (Å²) in [6.45, 7) is 4.43. The average Bonchev–Trinajstić information content (AvgIpc) is 2.68. The Morgan fingerprint density at radius 1 is 1.19 bits per heavy atom. The van der Waals surface area contributed by atoms with Crippen LogP contribution >= 0.6 is 0 Å². The Balaban J connectivity index is 1.57. The first-order valence-corrected chi connectivity index (χ1v) is 9.10. The molecule has 0 spiro atoms. The lowest BCUT2D eigenvalue weighted by Gasteiger charge is -2.32. The molecule has 2 aromatic carbocycles. The number of hydrogen-bond donors (Lipinski definition) is 1. The van der Waals surface area contributed by atoms with Crippen LogP contribution in [-0.4, -0.2) is 23.9 Å². The quantitative estimate of drug-likeness (QED) is 0.481. The van der Waals surface area contributed by atoms with Crippen LogP contribution in [0.25, 0.3) is 6.08 Å². The van der Waals surface area contributed by atoms with Crippen LogP contribution in [0.15, 0.2) is 54.6 Å². The molecule has 3 rings (SSSR count). The molecule has 0 unspecified atom stereocenters. The predicted molar refractivity (Wildman–Crippen MR) is 108 cm³/mol. The smallest absolute Gasteiger partial charge is 0.270 e. The van der Waals surface area contributed by atoms with E-state index in [4.69, 9.17) is 0 Å². The van der Waals surface area contributed by atoms with E-state index in [1.54, 1.807) is 18.2 Å². The van der Waals surface area contributed by atoms with Crippen LogP contribution in [-0.2, 0) is 4.79 Å².